The summed E-state index contributed by atoms with van der Waals surface area (Å²) >= 11 is 3.10. The van der Waals surface area contributed by atoms with Crippen molar-refractivity contribution in [3.05, 3.63) is 69.7 Å². The van der Waals surface area contributed by atoms with E-state index in [9.17, 15) is 18.4 Å². The SMILES string of the molecule is O=C(c1ccc(F)cc1)N1CCN(C(=O)c2cccc(F)c2Br)CC1. The van der Waals surface area contributed by atoms with Crippen molar-refractivity contribution in [1.82, 2.24) is 9.80 Å². The third kappa shape index (κ3) is 3.71. The zero-order valence-corrected chi connectivity index (χ0v) is 14.8. The summed E-state index contributed by atoms with van der Waals surface area (Å²) in [5.41, 5.74) is 0.673. The highest BCUT2D eigenvalue weighted by molar-refractivity contribution is 9.10. The fraction of sp³-hybridized carbons (Fsp3) is 0.222. The highest BCUT2D eigenvalue weighted by Crippen LogP contribution is 2.22. The first-order valence-electron chi connectivity index (χ1n) is 7.75. The molecule has 1 aliphatic rings. The van der Waals surface area contributed by atoms with Crippen molar-refractivity contribution in [3.63, 3.8) is 0 Å². The van der Waals surface area contributed by atoms with Gasteiger partial charge in [0.1, 0.15) is 11.6 Å². The normalized spacial score (nSPS) is 14.5. The molecule has 1 fully saturated rings. The van der Waals surface area contributed by atoms with E-state index < -0.39 is 11.6 Å². The number of nitrogens with zero attached hydrogens (tertiary/aromatic N) is 2. The Morgan fingerprint density at radius 1 is 0.840 bits per heavy atom. The van der Waals surface area contributed by atoms with Gasteiger partial charge in [0.25, 0.3) is 11.8 Å². The lowest BCUT2D eigenvalue weighted by molar-refractivity contribution is 0.0534. The molecule has 0 aromatic heterocycles. The van der Waals surface area contributed by atoms with E-state index in [-0.39, 0.29) is 21.9 Å². The Bertz CT molecular complexity index is 803. The first kappa shape index (κ1) is 17.5. The average Bonchev–Trinajstić information content (AvgIpc) is 2.64. The van der Waals surface area contributed by atoms with E-state index in [0.717, 1.165) is 0 Å². The van der Waals surface area contributed by atoms with Crippen LogP contribution in [0.25, 0.3) is 0 Å². The number of hydrogen-bond donors (Lipinski definition) is 0. The standard InChI is InChI=1S/C18H15BrF2N2O2/c19-16-14(2-1-3-15(16)21)18(25)23-10-8-22(9-11-23)17(24)12-4-6-13(20)7-5-12/h1-7H,8-11H2. The van der Waals surface area contributed by atoms with Crippen LogP contribution < -0.4 is 0 Å². The van der Waals surface area contributed by atoms with Gasteiger partial charge in [0, 0.05) is 31.7 Å². The summed E-state index contributed by atoms with van der Waals surface area (Å²) in [5, 5.41) is 0. The maximum Gasteiger partial charge on any atom is 0.255 e. The van der Waals surface area contributed by atoms with Crippen LogP contribution in [-0.2, 0) is 0 Å². The molecule has 2 aromatic carbocycles. The number of piperazine rings is 1. The fourth-order valence-electron chi connectivity index (χ4n) is 2.73. The third-order valence-corrected chi connectivity index (χ3v) is 4.93. The smallest absolute Gasteiger partial charge is 0.255 e. The molecule has 4 nitrogen and oxygen atoms in total. The van der Waals surface area contributed by atoms with Crippen molar-refractivity contribution in [3.8, 4) is 0 Å². The molecule has 2 amide bonds. The van der Waals surface area contributed by atoms with E-state index in [0.29, 0.717) is 31.7 Å². The van der Waals surface area contributed by atoms with Crippen molar-refractivity contribution < 1.29 is 18.4 Å². The highest BCUT2D eigenvalue weighted by atomic mass is 79.9. The van der Waals surface area contributed by atoms with Crippen LogP contribution in [0.15, 0.2) is 46.9 Å². The third-order valence-electron chi connectivity index (χ3n) is 4.13. The molecule has 0 bridgehead atoms. The van der Waals surface area contributed by atoms with Gasteiger partial charge in [-0.05, 0) is 52.3 Å². The van der Waals surface area contributed by atoms with Crippen LogP contribution in [0.2, 0.25) is 0 Å². The summed E-state index contributed by atoms with van der Waals surface area (Å²) < 4.78 is 26.7. The Balaban J connectivity index is 1.65. The lowest BCUT2D eigenvalue weighted by Crippen LogP contribution is -2.50. The van der Waals surface area contributed by atoms with Gasteiger partial charge in [-0.2, -0.15) is 0 Å². The second-order valence-corrected chi connectivity index (χ2v) is 6.49. The van der Waals surface area contributed by atoms with Crippen molar-refractivity contribution in [2.45, 2.75) is 0 Å². The molecular formula is C18H15BrF2N2O2. The maximum absolute atomic E-state index is 13.6. The van der Waals surface area contributed by atoms with E-state index in [2.05, 4.69) is 15.9 Å². The first-order chi connectivity index (χ1) is 12.0. The summed E-state index contributed by atoms with van der Waals surface area (Å²) in [6.07, 6.45) is 0. The molecule has 1 saturated heterocycles. The monoisotopic (exact) mass is 408 g/mol. The predicted molar refractivity (Wildman–Crippen MR) is 92.3 cm³/mol. The molecule has 25 heavy (non-hydrogen) atoms. The number of carbonyl (C=O) groups is 2. The molecule has 0 radical (unpaired) electrons. The average molecular weight is 409 g/mol. The number of rotatable bonds is 2. The van der Waals surface area contributed by atoms with Crippen molar-refractivity contribution in [2.24, 2.45) is 0 Å². The number of halogens is 3. The number of benzene rings is 2. The molecule has 2 aromatic rings. The Hall–Kier alpha value is -2.28. The zero-order valence-electron chi connectivity index (χ0n) is 13.2. The quantitative estimate of drug-likeness (QED) is 0.764. The van der Waals surface area contributed by atoms with Gasteiger partial charge in [-0.25, -0.2) is 8.78 Å². The second-order valence-electron chi connectivity index (χ2n) is 5.69. The van der Waals surface area contributed by atoms with Crippen LogP contribution in [0, 0.1) is 11.6 Å². The van der Waals surface area contributed by atoms with Crippen molar-refractivity contribution in [1.29, 1.82) is 0 Å². The molecule has 0 aliphatic carbocycles. The summed E-state index contributed by atoms with van der Waals surface area (Å²) in [6, 6.07) is 9.70. The molecule has 1 heterocycles. The van der Waals surface area contributed by atoms with Crippen molar-refractivity contribution in [2.75, 3.05) is 26.2 Å². The molecular weight excluding hydrogens is 394 g/mol. The Morgan fingerprint density at radius 2 is 1.40 bits per heavy atom. The Kier molecular flexibility index (Phi) is 5.13. The number of hydrogen-bond acceptors (Lipinski definition) is 2. The van der Waals surface area contributed by atoms with Crippen LogP contribution >= 0.6 is 15.9 Å². The summed E-state index contributed by atoms with van der Waals surface area (Å²) in [6.45, 7) is 1.45. The van der Waals surface area contributed by atoms with E-state index in [4.69, 9.17) is 0 Å². The number of amides is 2. The second kappa shape index (κ2) is 7.31. The largest absolute Gasteiger partial charge is 0.335 e. The van der Waals surface area contributed by atoms with Crippen LogP contribution in [0.5, 0.6) is 0 Å². The van der Waals surface area contributed by atoms with Crippen LogP contribution in [0.1, 0.15) is 20.7 Å². The Morgan fingerprint density at radius 3 is 2.00 bits per heavy atom. The minimum Gasteiger partial charge on any atom is -0.335 e. The molecule has 0 saturated carbocycles. The summed E-state index contributed by atoms with van der Waals surface area (Å²) in [4.78, 5) is 28.2. The summed E-state index contributed by atoms with van der Waals surface area (Å²) in [7, 11) is 0. The van der Waals surface area contributed by atoms with Gasteiger partial charge >= 0.3 is 0 Å². The van der Waals surface area contributed by atoms with E-state index in [1.807, 2.05) is 0 Å². The van der Waals surface area contributed by atoms with E-state index in [1.54, 1.807) is 15.9 Å². The molecule has 0 N–H and O–H groups in total. The molecule has 1 aliphatic heterocycles. The van der Waals surface area contributed by atoms with Crippen LogP contribution in [0.4, 0.5) is 8.78 Å². The molecule has 0 spiro atoms. The maximum atomic E-state index is 13.6. The van der Waals surface area contributed by atoms with Gasteiger partial charge in [-0.15, -0.1) is 0 Å². The first-order valence-corrected chi connectivity index (χ1v) is 8.55. The molecule has 0 unspecified atom stereocenters. The van der Waals surface area contributed by atoms with Gasteiger partial charge in [0.2, 0.25) is 0 Å². The minimum absolute atomic E-state index is 0.143. The molecule has 7 heteroatoms. The van der Waals surface area contributed by atoms with Gasteiger partial charge in [-0.3, -0.25) is 9.59 Å². The summed E-state index contributed by atoms with van der Waals surface area (Å²) in [5.74, 6) is -1.36. The Labute approximate surface area is 152 Å². The van der Waals surface area contributed by atoms with Crippen molar-refractivity contribution >= 4 is 27.7 Å². The van der Waals surface area contributed by atoms with Gasteiger partial charge in [0.05, 0.1) is 10.0 Å². The van der Waals surface area contributed by atoms with Gasteiger partial charge in [-0.1, -0.05) is 6.07 Å². The van der Waals surface area contributed by atoms with Crippen LogP contribution in [-0.4, -0.2) is 47.8 Å². The fourth-order valence-corrected chi connectivity index (χ4v) is 3.16. The highest BCUT2D eigenvalue weighted by Gasteiger charge is 2.26. The lowest BCUT2D eigenvalue weighted by Gasteiger charge is -2.35. The molecule has 130 valence electrons. The number of carbonyl (C=O) groups excluding carboxylic acids is 2. The van der Waals surface area contributed by atoms with E-state index >= 15 is 0 Å². The van der Waals surface area contributed by atoms with Gasteiger partial charge in [0.15, 0.2) is 0 Å². The van der Waals surface area contributed by atoms with Crippen LogP contribution in [0.3, 0.4) is 0 Å². The van der Waals surface area contributed by atoms with Gasteiger partial charge < -0.3 is 9.80 Å². The topological polar surface area (TPSA) is 40.6 Å². The minimum atomic E-state index is -0.490. The lowest BCUT2D eigenvalue weighted by atomic mass is 10.1. The zero-order chi connectivity index (χ0) is 18.0. The molecule has 3 rings (SSSR count). The molecule has 0 atom stereocenters. The predicted octanol–water partition coefficient (Wildman–Crippen LogP) is 3.33. The van der Waals surface area contributed by atoms with E-state index in [1.165, 1.54) is 36.4 Å².